The second-order valence-electron chi connectivity index (χ2n) is 12.3. The second-order valence-corrected chi connectivity index (χ2v) is 13.1. The Hall–Kier alpha value is -4.08. The maximum atomic E-state index is 13.1. The number of amides is 1. The standard InChI is InChI=1S/C37H41Cl2N5O4/c1-4-34-42-37-32(44(34)22-27-8-5-6-19-40-27)9-7-10-33(37)48-23-29-30(38)16-17-31(36(29)39)43(3)35(47)18-15-28(46)14-12-25-11-13-26(41-21-25)20-24(2)45/h5-10,16-17,19,25H,4,11-15,18,20-23H2,1-3H3. The molecule has 252 valence electrons. The van der Waals surface area contributed by atoms with Gasteiger partial charge in [-0.05, 0) is 68.5 Å². The van der Waals surface area contributed by atoms with Crippen LogP contribution in [0.2, 0.25) is 10.0 Å². The van der Waals surface area contributed by atoms with Gasteiger partial charge in [0.05, 0.1) is 28.5 Å². The number of aliphatic imine (C=N–C) groups is 1. The number of ether oxygens (including phenoxy) is 1. The van der Waals surface area contributed by atoms with Crippen LogP contribution in [0.3, 0.4) is 0 Å². The van der Waals surface area contributed by atoms with Gasteiger partial charge in [-0.1, -0.05) is 42.3 Å². The van der Waals surface area contributed by atoms with E-state index in [-0.39, 0.29) is 36.9 Å². The molecule has 1 atom stereocenters. The molecular formula is C37H41Cl2N5O4. The zero-order valence-corrected chi connectivity index (χ0v) is 29.2. The Balaban J connectivity index is 1.20. The summed E-state index contributed by atoms with van der Waals surface area (Å²) in [6.45, 7) is 4.96. The molecule has 2 aromatic heterocycles. The lowest BCUT2D eigenvalue weighted by atomic mass is 9.91. The summed E-state index contributed by atoms with van der Waals surface area (Å²) in [5.41, 5.74) is 4.61. The Kier molecular flexibility index (Phi) is 12.0. The lowest BCUT2D eigenvalue weighted by Gasteiger charge is -2.22. The van der Waals surface area contributed by atoms with E-state index in [1.807, 2.05) is 36.4 Å². The van der Waals surface area contributed by atoms with Crippen molar-refractivity contribution in [3.63, 3.8) is 0 Å². The second kappa shape index (κ2) is 16.3. The zero-order valence-electron chi connectivity index (χ0n) is 27.7. The molecule has 1 unspecified atom stereocenters. The van der Waals surface area contributed by atoms with Crippen LogP contribution in [0.1, 0.15) is 75.9 Å². The maximum absolute atomic E-state index is 13.1. The SMILES string of the molecule is CCc1nc2c(OCc3c(Cl)ccc(N(C)C(=O)CCC(=O)CCC4CCC(CC(C)=O)=NC4)c3Cl)cccc2n1Cc1ccccn1. The van der Waals surface area contributed by atoms with Gasteiger partial charge in [0.15, 0.2) is 0 Å². The van der Waals surface area contributed by atoms with Gasteiger partial charge in [0, 0.05) is 68.2 Å². The van der Waals surface area contributed by atoms with E-state index in [1.165, 1.54) is 4.90 Å². The molecule has 0 saturated heterocycles. The van der Waals surface area contributed by atoms with Gasteiger partial charge in [0.1, 0.15) is 35.3 Å². The first-order valence-electron chi connectivity index (χ1n) is 16.4. The number of hydrogen-bond donors (Lipinski definition) is 0. The number of aryl methyl sites for hydroxylation is 1. The van der Waals surface area contributed by atoms with E-state index in [9.17, 15) is 14.4 Å². The maximum Gasteiger partial charge on any atom is 0.227 e. The highest BCUT2D eigenvalue weighted by Crippen LogP contribution is 2.36. The van der Waals surface area contributed by atoms with Gasteiger partial charge < -0.3 is 14.2 Å². The highest BCUT2D eigenvalue weighted by Gasteiger charge is 2.22. The third kappa shape index (κ3) is 8.68. The van der Waals surface area contributed by atoms with Crippen LogP contribution in [0.15, 0.2) is 59.7 Å². The Morgan fingerprint density at radius 3 is 2.58 bits per heavy atom. The summed E-state index contributed by atoms with van der Waals surface area (Å²) in [6, 6.07) is 15.1. The number of para-hydroxylation sites is 1. The zero-order chi connectivity index (χ0) is 34.2. The van der Waals surface area contributed by atoms with Crippen LogP contribution in [0.5, 0.6) is 5.75 Å². The van der Waals surface area contributed by atoms with Crippen LogP contribution in [-0.4, -0.2) is 51.3 Å². The molecule has 0 aliphatic carbocycles. The molecule has 0 fully saturated rings. The summed E-state index contributed by atoms with van der Waals surface area (Å²) in [6.07, 6.45) is 6.08. The first kappa shape index (κ1) is 35.2. The molecule has 5 rings (SSSR count). The number of benzene rings is 2. The van der Waals surface area contributed by atoms with Crippen LogP contribution in [0, 0.1) is 5.92 Å². The Bertz CT molecular complexity index is 1820. The molecular weight excluding hydrogens is 649 g/mol. The summed E-state index contributed by atoms with van der Waals surface area (Å²) in [7, 11) is 1.65. The number of halogens is 2. The number of anilines is 1. The predicted molar refractivity (Wildman–Crippen MR) is 190 cm³/mol. The fourth-order valence-corrected chi connectivity index (χ4v) is 6.62. The average molecular weight is 691 g/mol. The number of ketones is 2. The number of rotatable bonds is 15. The summed E-state index contributed by atoms with van der Waals surface area (Å²) in [5.74, 6) is 1.81. The van der Waals surface area contributed by atoms with Crippen LogP contribution in [0.4, 0.5) is 5.69 Å². The van der Waals surface area contributed by atoms with Gasteiger partial charge >= 0.3 is 0 Å². The topological polar surface area (TPSA) is 107 Å². The highest BCUT2D eigenvalue weighted by atomic mass is 35.5. The molecule has 11 heteroatoms. The van der Waals surface area contributed by atoms with Crippen molar-refractivity contribution in [3.05, 3.63) is 81.9 Å². The van der Waals surface area contributed by atoms with E-state index in [1.54, 1.807) is 32.3 Å². The molecule has 1 aliphatic rings. The van der Waals surface area contributed by atoms with Crippen molar-refractivity contribution in [2.45, 2.75) is 78.4 Å². The van der Waals surface area contributed by atoms with Crippen molar-refractivity contribution < 1.29 is 19.1 Å². The summed E-state index contributed by atoms with van der Waals surface area (Å²) < 4.78 is 8.42. The van der Waals surface area contributed by atoms with Crippen LogP contribution in [0.25, 0.3) is 11.0 Å². The van der Waals surface area contributed by atoms with E-state index >= 15 is 0 Å². The molecule has 1 amide bonds. The van der Waals surface area contributed by atoms with Crippen molar-refractivity contribution in [1.82, 2.24) is 14.5 Å². The van der Waals surface area contributed by atoms with E-state index in [2.05, 4.69) is 21.5 Å². The fraction of sp³-hybridized carbons (Fsp3) is 0.405. The summed E-state index contributed by atoms with van der Waals surface area (Å²) in [4.78, 5) is 52.5. The molecule has 3 heterocycles. The minimum absolute atomic E-state index is 0.0504. The number of pyridine rings is 1. The van der Waals surface area contributed by atoms with Gasteiger partial charge in [-0.2, -0.15) is 0 Å². The highest BCUT2D eigenvalue weighted by molar-refractivity contribution is 6.38. The van der Waals surface area contributed by atoms with Crippen LogP contribution < -0.4 is 9.64 Å². The van der Waals surface area contributed by atoms with Crippen molar-refractivity contribution in [2.75, 3.05) is 18.5 Å². The molecule has 2 aromatic carbocycles. The van der Waals surface area contributed by atoms with E-state index in [0.29, 0.717) is 58.9 Å². The number of hydrogen-bond acceptors (Lipinski definition) is 7. The molecule has 0 bridgehead atoms. The van der Waals surface area contributed by atoms with Gasteiger partial charge in [0.25, 0.3) is 0 Å². The fourth-order valence-electron chi connectivity index (χ4n) is 6.02. The van der Waals surface area contributed by atoms with Crippen molar-refractivity contribution in [1.29, 1.82) is 0 Å². The number of carbonyl (C=O) groups is 3. The summed E-state index contributed by atoms with van der Waals surface area (Å²) >= 11 is 13.4. The monoisotopic (exact) mass is 689 g/mol. The molecule has 9 nitrogen and oxygen atoms in total. The number of fused-ring (bicyclic) bond motifs is 1. The molecule has 48 heavy (non-hydrogen) atoms. The number of aromatic nitrogens is 3. The van der Waals surface area contributed by atoms with Crippen LogP contribution in [-0.2, 0) is 34.0 Å². The van der Waals surface area contributed by atoms with Gasteiger partial charge in [-0.25, -0.2) is 4.98 Å². The van der Waals surface area contributed by atoms with Crippen molar-refractivity contribution in [2.24, 2.45) is 10.9 Å². The first-order chi connectivity index (χ1) is 23.1. The van der Waals surface area contributed by atoms with Crippen molar-refractivity contribution >= 4 is 63.1 Å². The molecule has 4 aromatic rings. The van der Waals surface area contributed by atoms with E-state index < -0.39 is 0 Å². The van der Waals surface area contributed by atoms with Gasteiger partial charge in [0.2, 0.25) is 5.91 Å². The number of nitrogens with zero attached hydrogens (tertiary/aromatic N) is 5. The third-order valence-electron chi connectivity index (χ3n) is 8.77. The van der Waals surface area contributed by atoms with E-state index in [4.69, 9.17) is 32.9 Å². The first-order valence-corrected chi connectivity index (χ1v) is 17.2. The molecule has 0 saturated carbocycles. The van der Waals surface area contributed by atoms with Gasteiger partial charge in [-0.3, -0.25) is 24.4 Å². The molecule has 0 spiro atoms. The summed E-state index contributed by atoms with van der Waals surface area (Å²) in [5, 5.41) is 0.733. The minimum atomic E-state index is -0.217. The quantitative estimate of drug-likeness (QED) is 0.126. The number of Topliss-reactive ketones (excluding diaryl/α,β-unsaturated/α-hetero) is 2. The average Bonchev–Trinajstić information content (AvgIpc) is 3.44. The normalized spacial score (nSPS) is 14.5. The van der Waals surface area contributed by atoms with E-state index in [0.717, 1.165) is 53.9 Å². The Morgan fingerprint density at radius 2 is 1.88 bits per heavy atom. The van der Waals surface area contributed by atoms with Gasteiger partial charge in [-0.15, -0.1) is 0 Å². The van der Waals surface area contributed by atoms with Crippen LogP contribution >= 0.6 is 23.2 Å². The third-order valence-corrected chi connectivity index (χ3v) is 9.55. The minimum Gasteiger partial charge on any atom is -0.486 e. The lowest BCUT2D eigenvalue weighted by Crippen LogP contribution is -2.27. The number of carbonyl (C=O) groups excluding carboxylic acids is 3. The Morgan fingerprint density at radius 1 is 1.04 bits per heavy atom. The molecule has 0 radical (unpaired) electrons. The largest absolute Gasteiger partial charge is 0.486 e. The number of imidazole rings is 1. The Labute approximate surface area is 291 Å². The lowest BCUT2D eigenvalue weighted by molar-refractivity contribution is -0.124. The molecule has 0 N–H and O–H groups in total. The molecule has 1 aliphatic heterocycles. The smallest absolute Gasteiger partial charge is 0.227 e. The van der Waals surface area contributed by atoms with Crippen molar-refractivity contribution in [3.8, 4) is 5.75 Å². The predicted octanol–water partition coefficient (Wildman–Crippen LogP) is 7.85.